The van der Waals surface area contributed by atoms with Crippen LogP contribution in [0, 0.1) is 21.2 Å². The van der Waals surface area contributed by atoms with E-state index in [0.29, 0.717) is 23.6 Å². The molecule has 2 aromatic rings. The second kappa shape index (κ2) is 14.3. The Kier molecular flexibility index (Phi) is 12.0. The van der Waals surface area contributed by atoms with E-state index < -0.39 is 23.2 Å². The van der Waals surface area contributed by atoms with Gasteiger partial charge < -0.3 is 10.0 Å². The van der Waals surface area contributed by atoms with E-state index in [1.807, 2.05) is 31.0 Å². The van der Waals surface area contributed by atoms with Crippen LogP contribution in [-0.4, -0.2) is 51.6 Å². The molecule has 3 rings (SSSR count). The van der Waals surface area contributed by atoms with E-state index in [-0.39, 0.29) is 35.7 Å². The van der Waals surface area contributed by atoms with Gasteiger partial charge in [0, 0.05) is 44.2 Å². The Morgan fingerprint density at radius 2 is 1.79 bits per heavy atom. The first-order chi connectivity index (χ1) is 18.0. The van der Waals surface area contributed by atoms with Crippen molar-refractivity contribution >= 4 is 47.0 Å². The lowest BCUT2D eigenvalue weighted by Crippen LogP contribution is -2.57. The Labute approximate surface area is 237 Å². The molecule has 1 fully saturated rings. The van der Waals surface area contributed by atoms with Crippen molar-refractivity contribution in [1.29, 1.82) is 0 Å². The number of benzene rings is 2. The van der Waals surface area contributed by atoms with Crippen molar-refractivity contribution in [3.63, 3.8) is 0 Å². The minimum Gasteiger partial charge on any atom is -0.481 e. The maximum atomic E-state index is 14.5. The largest absolute Gasteiger partial charge is 0.481 e. The molecule has 11 heteroatoms. The predicted octanol–water partition coefficient (Wildman–Crippen LogP) is 7.12. The molecule has 1 heterocycles. The van der Waals surface area contributed by atoms with Crippen LogP contribution in [0.2, 0.25) is 10.0 Å². The van der Waals surface area contributed by atoms with Crippen molar-refractivity contribution in [3.05, 3.63) is 79.4 Å². The number of hydrogen-bond acceptors (Lipinski definition) is 6. The van der Waals surface area contributed by atoms with Crippen LogP contribution in [0.25, 0.3) is 0 Å². The molecule has 1 amide bonds. The number of likely N-dealkylation sites (tertiary alicyclic amines) is 1. The van der Waals surface area contributed by atoms with Crippen molar-refractivity contribution in [2.75, 3.05) is 19.3 Å². The van der Waals surface area contributed by atoms with Gasteiger partial charge >= 0.3 is 5.97 Å². The first kappa shape index (κ1) is 32.0. The molecule has 0 saturated carbocycles. The van der Waals surface area contributed by atoms with Crippen LogP contribution >= 0.6 is 35.1 Å². The summed E-state index contributed by atoms with van der Waals surface area (Å²) in [7, 11) is 1.99. The average Bonchev–Trinajstić information content (AvgIpc) is 2.85. The molecule has 7 nitrogen and oxygen atoms in total. The highest BCUT2D eigenvalue weighted by molar-refractivity contribution is 7.96. The summed E-state index contributed by atoms with van der Waals surface area (Å²) in [4.78, 5) is 41.9. The van der Waals surface area contributed by atoms with Crippen molar-refractivity contribution in [1.82, 2.24) is 9.21 Å². The molecule has 4 atom stereocenters. The summed E-state index contributed by atoms with van der Waals surface area (Å²) in [5, 5.41) is 10.6. The number of carboxylic acid groups (broad SMARTS) is 1. The minimum atomic E-state index is -1.16. The summed E-state index contributed by atoms with van der Waals surface area (Å²) in [6, 6.07) is 11.1. The van der Waals surface area contributed by atoms with Crippen LogP contribution in [-0.2, 0) is 9.59 Å². The zero-order valence-electron chi connectivity index (χ0n) is 21.8. The number of carboxylic acids is 1. The molecule has 0 bridgehead atoms. The lowest BCUT2D eigenvalue weighted by atomic mass is 9.67. The molecule has 1 aliphatic heterocycles. The smallest absolute Gasteiger partial charge is 0.304 e. The molecular weight excluding hydrogens is 554 g/mol. The monoisotopic (exact) mass is 586 g/mol. The van der Waals surface area contributed by atoms with Gasteiger partial charge in [0.15, 0.2) is 0 Å². The summed E-state index contributed by atoms with van der Waals surface area (Å²) in [6.45, 7) is 6.40. The topological polar surface area (TPSA) is 95.0 Å². The molecule has 1 saturated heterocycles. The lowest BCUT2D eigenvalue weighted by Gasteiger charge is -2.52. The van der Waals surface area contributed by atoms with Gasteiger partial charge in [-0.1, -0.05) is 68.1 Å². The maximum absolute atomic E-state index is 14.5. The summed E-state index contributed by atoms with van der Waals surface area (Å²) < 4.78 is 16.6. The first-order valence-corrected chi connectivity index (χ1v) is 14.0. The Hall–Kier alpha value is -2.20. The van der Waals surface area contributed by atoms with E-state index in [1.54, 1.807) is 37.1 Å². The molecule has 0 aromatic heterocycles. The fraction of sp³-hybridized carbons (Fsp3) is 0.481. The van der Waals surface area contributed by atoms with Crippen molar-refractivity contribution < 1.29 is 19.1 Å². The molecule has 0 unspecified atom stereocenters. The lowest BCUT2D eigenvalue weighted by molar-refractivity contribution is -0.160. The fourth-order valence-corrected chi connectivity index (χ4v) is 6.39. The molecule has 208 valence electrons. The van der Waals surface area contributed by atoms with Crippen LogP contribution in [0.15, 0.2) is 42.5 Å². The zero-order valence-corrected chi connectivity index (χ0v) is 24.2. The molecule has 1 N–H and O–H groups in total. The van der Waals surface area contributed by atoms with E-state index >= 15 is 0 Å². The number of carbonyl (C=O) groups excluding carboxylic acids is 1. The van der Waals surface area contributed by atoms with Crippen molar-refractivity contribution in [3.8, 4) is 0 Å². The Balaban J connectivity index is 0.00000247. The Morgan fingerprint density at radius 1 is 1.16 bits per heavy atom. The van der Waals surface area contributed by atoms with E-state index in [4.69, 9.17) is 33.1 Å². The highest BCUT2D eigenvalue weighted by Gasteiger charge is 2.52. The normalized spacial score (nSPS) is 22.1. The maximum Gasteiger partial charge on any atom is 0.304 e. The molecule has 0 spiro atoms. The number of likely N-dealkylation sites (N-methyl/N-ethyl adjacent to an activating group) is 1. The highest BCUT2D eigenvalue weighted by Crippen LogP contribution is 2.52. The SMILES string of the molecule is CCSN(C)C[C@H](CC)N1C(=O)[C@@](C)(CC(=O)O)C[C@H](c2cc(F)cc(Cl)c2)[C@H]1c1ccc(Cl)cc1.O=O. The number of carbonyl (C=O) groups is 2. The Bertz CT molecular complexity index is 1090. The van der Waals surface area contributed by atoms with Gasteiger partial charge in [0.1, 0.15) is 5.82 Å². The third-order valence-corrected chi connectivity index (χ3v) is 8.17. The van der Waals surface area contributed by atoms with Gasteiger partial charge in [-0.25, -0.2) is 4.39 Å². The van der Waals surface area contributed by atoms with Crippen molar-refractivity contribution in [2.24, 2.45) is 5.41 Å². The van der Waals surface area contributed by atoms with Crippen LogP contribution in [0.4, 0.5) is 4.39 Å². The number of halogens is 3. The van der Waals surface area contributed by atoms with Gasteiger partial charge in [-0.2, -0.15) is 0 Å². The summed E-state index contributed by atoms with van der Waals surface area (Å²) in [5.74, 6) is -1.20. The second-order valence-electron chi connectivity index (χ2n) is 9.64. The molecule has 38 heavy (non-hydrogen) atoms. The third-order valence-electron chi connectivity index (χ3n) is 6.85. The molecule has 2 aromatic carbocycles. The average molecular weight is 588 g/mol. The minimum absolute atomic E-state index is 0.192. The first-order valence-electron chi connectivity index (χ1n) is 12.3. The second-order valence-corrected chi connectivity index (χ2v) is 12.0. The molecule has 0 radical (unpaired) electrons. The molecule has 1 aliphatic rings. The zero-order chi connectivity index (χ0) is 28.6. The number of nitrogens with zero attached hydrogens (tertiary/aromatic N) is 2. The predicted molar refractivity (Wildman–Crippen MR) is 152 cm³/mol. The number of hydrogen-bond donors (Lipinski definition) is 1. The van der Waals surface area contributed by atoms with Crippen LogP contribution in [0.3, 0.4) is 0 Å². The van der Waals surface area contributed by atoms with Crippen LogP contribution in [0.5, 0.6) is 0 Å². The quantitative estimate of drug-likeness (QED) is 0.296. The van der Waals surface area contributed by atoms with Crippen LogP contribution in [0.1, 0.15) is 63.1 Å². The van der Waals surface area contributed by atoms with E-state index in [9.17, 15) is 19.1 Å². The Morgan fingerprint density at radius 3 is 2.32 bits per heavy atom. The van der Waals surface area contributed by atoms with Gasteiger partial charge in [0.05, 0.1) is 17.9 Å². The van der Waals surface area contributed by atoms with E-state index in [2.05, 4.69) is 11.2 Å². The van der Waals surface area contributed by atoms with Crippen LogP contribution < -0.4 is 0 Å². The number of aliphatic carboxylic acids is 1. The highest BCUT2D eigenvalue weighted by atomic mass is 35.5. The summed E-state index contributed by atoms with van der Waals surface area (Å²) in [5.41, 5.74) is 0.335. The summed E-state index contributed by atoms with van der Waals surface area (Å²) in [6.07, 6.45) is 0.604. The van der Waals surface area contributed by atoms with Crippen molar-refractivity contribution in [2.45, 2.75) is 58.0 Å². The third kappa shape index (κ3) is 7.68. The number of rotatable bonds is 10. The molecule has 0 aliphatic carbocycles. The standard InChI is InChI=1S/C27H33Cl2FN2O3S.O2/c1-5-22(16-31(4)36-6-2)32-25(17-7-9-19(28)10-8-17)23(18-11-20(29)13-21(30)12-18)14-27(3,26(32)35)15-24(33)34;1-2/h7-13,22-23,25H,5-6,14-16H2,1-4H3,(H,33,34);/t22-,23+,25+,27+;/m0./s1. The van der Waals surface area contributed by atoms with Gasteiger partial charge in [-0.15, -0.1) is 0 Å². The molecular formula is C27H33Cl2FN2O5S. The van der Waals surface area contributed by atoms with Gasteiger partial charge in [0.2, 0.25) is 5.91 Å². The van der Waals surface area contributed by atoms with Gasteiger partial charge in [-0.05, 0) is 61.3 Å². The summed E-state index contributed by atoms with van der Waals surface area (Å²) >= 11 is 14.1. The number of piperidine rings is 1. The van der Waals surface area contributed by atoms with Gasteiger partial charge in [-0.3, -0.25) is 13.9 Å². The van der Waals surface area contributed by atoms with E-state index in [0.717, 1.165) is 11.3 Å². The van der Waals surface area contributed by atoms with E-state index in [1.165, 1.54) is 12.1 Å². The number of amides is 1. The van der Waals surface area contributed by atoms with Gasteiger partial charge in [0.25, 0.3) is 0 Å². The fourth-order valence-electron chi connectivity index (χ4n) is 5.32.